The Morgan fingerprint density at radius 1 is 1.33 bits per heavy atom. The Balaban J connectivity index is 1.95. The molecule has 0 radical (unpaired) electrons. The summed E-state index contributed by atoms with van der Waals surface area (Å²) in [5.74, 6) is 0.652. The van der Waals surface area contributed by atoms with Crippen LogP contribution in [0.15, 0.2) is 36.5 Å². The van der Waals surface area contributed by atoms with Gasteiger partial charge in [-0.25, -0.2) is 4.68 Å². The molecule has 4 heteroatoms. The molecule has 1 aliphatic carbocycles. The number of aromatic nitrogens is 3. The highest BCUT2D eigenvalue weighted by molar-refractivity contribution is 5.32. The molecule has 0 aliphatic heterocycles. The molecule has 1 heterocycles. The summed E-state index contributed by atoms with van der Waals surface area (Å²) in [5.41, 5.74) is 0.835. The van der Waals surface area contributed by atoms with Crippen molar-refractivity contribution in [2.24, 2.45) is 5.92 Å². The van der Waals surface area contributed by atoms with Gasteiger partial charge in [-0.2, -0.15) is 0 Å². The van der Waals surface area contributed by atoms with E-state index in [1.165, 1.54) is 12.8 Å². The van der Waals surface area contributed by atoms with Crippen molar-refractivity contribution in [2.45, 2.75) is 31.8 Å². The smallest absolute Gasteiger partial charge is 0.106 e. The van der Waals surface area contributed by atoms with Crippen molar-refractivity contribution in [2.75, 3.05) is 0 Å². The van der Waals surface area contributed by atoms with Crippen LogP contribution in [0.3, 0.4) is 0 Å². The third kappa shape index (κ3) is 2.16. The number of aliphatic hydroxyl groups is 1. The van der Waals surface area contributed by atoms with Crippen molar-refractivity contribution < 1.29 is 5.11 Å². The molecule has 0 spiro atoms. The van der Waals surface area contributed by atoms with E-state index in [0.717, 1.165) is 17.8 Å². The highest BCUT2D eigenvalue weighted by Crippen LogP contribution is 2.40. The Morgan fingerprint density at radius 2 is 2.06 bits per heavy atom. The van der Waals surface area contributed by atoms with Crippen LogP contribution in [0.1, 0.15) is 31.9 Å². The molecular formula is C14H17N3O. The summed E-state index contributed by atoms with van der Waals surface area (Å²) < 4.78 is 1.72. The van der Waals surface area contributed by atoms with E-state index >= 15 is 0 Å². The lowest BCUT2D eigenvalue weighted by Crippen LogP contribution is -2.25. The minimum absolute atomic E-state index is 0.652. The van der Waals surface area contributed by atoms with E-state index in [2.05, 4.69) is 10.3 Å². The maximum absolute atomic E-state index is 10.6. The van der Waals surface area contributed by atoms with Gasteiger partial charge in [-0.3, -0.25) is 0 Å². The van der Waals surface area contributed by atoms with Crippen LogP contribution in [0, 0.1) is 5.92 Å². The number of hydrogen-bond acceptors (Lipinski definition) is 3. The molecule has 4 nitrogen and oxygen atoms in total. The van der Waals surface area contributed by atoms with Crippen molar-refractivity contribution in [1.82, 2.24) is 15.0 Å². The zero-order chi connectivity index (χ0) is 12.6. The lowest BCUT2D eigenvalue weighted by Gasteiger charge is -2.23. The van der Waals surface area contributed by atoms with Gasteiger partial charge in [0.2, 0.25) is 0 Å². The van der Waals surface area contributed by atoms with E-state index in [1.54, 1.807) is 10.9 Å². The Bertz CT molecular complexity index is 529. The van der Waals surface area contributed by atoms with Gasteiger partial charge in [0, 0.05) is 0 Å². The molecule has 1 aromatic heterocycles. The van der Waals surface area contributed by atoms with Gasteiger partial charge >= 0.3 is 0 Å². The van der Waals surface area contributed by atoms with Crippen LogP contribution >= 0.6 is 0 Å². The van der Waals surface area contributed by atoms with E-state index in [-0.39, 0.29) is 0 Å². The fourth-order valence-electron chi connectivity index (χ4n) is 2.35. The lowest BCUT2D eigenvalue weighted by molar-refractivity contribution is 0.0349. The third-order valence-electron chi connectivity index (χ3n) is 3.48. The maximum atomic E-state index is 10.6. The average molecular weight is 243 g/mol. The minimum Gasteiger partial charge on any atom is -0.384 e. The van der Waals surface area contributed by atoms with Crippen LogP contribution in [-0.2, 0) is 5.60 Å². The summed E-state index contributed by atoms with van der Waals surface area (Å²) in [5, 5.41) is 18.7. The van der Waals surface area contributed by atoms with Crippen molar-refractivity contribution in [3.63, 3.8) is 0 Å². The Kier molecular flexibility index (Phi) is 2.67. The minimum atomic E-state index is -0.861. The second-order valence-electron chi connectivity index (χ2n) is 5.29. The SMILES string of the molecule is CC(O)(CC1CC1)c1cnnn1-c1ccccc1. The number of hydrogen-bond donors (Lipinski definition) is 1. The quantitative estimate of drug-likeness (QED) is 0.896. The van der Waals surface area contributed by atoms with Crippen molar-refractivity contribution in [3.05, 3.63) is 42.2 Å². The van der Waals surface area contributed by atoms with Gasteiger partial charge in [-0.05, 0) is 31.4 Å². The van der Waals surface area contributed by atoms with Gasteiger partial charge in [0.15, 0.2) is 0 Å². The summed E-state index contributed by atoms with van der Waals surface area (Å²) >= 11 is 0. The van der Waals surface area contributed by atoms with Crippen molar-refractivity contribution in [1.29, 1.82) is 0 Å². The topological polar surface area (TPSA) is 50.9 Å². The highest BCUT2D eigenvalue weighted by atomic mass is 16.3. The molecular weight excluding hydrogens is 226 g/mol. The molecule has 2 aromatic rings. The second-order valence-corrected chi connectivity index (χ2v) is 5.29. The van der Waals surface area contributed by atoms with Crippen LogP contribution in [0.5, 0.6) is 0 Å². The normalized spacial score (nSPS) is 18.6. The Labute approximate surface area is 106 Å². The molecule has 94 valence electrons. The van der Waals surface area contributed by atoms with E-state index in [4.69, 9.17) is 0 Å². The first-order valence-electron chi connectivity index (χ1n) is 6.36. The monoisotopic (exact) mass is 243 g/mol. The van der Waals surface area contributed by atoms with Crippen LogP contribution < -0.4 is 0 Å². The molecule has 1 saturated carbocycles. The molecule has 3 rings (SSSR count). The first-order valence-corrected chi connectivity index (χ1v) is 6.36. The predicted molar refractivity (Wildman–Crippen MR) is 68.3 cm³/mol. The number of para-hydroxylation sites is 1. The van der Waals surface area contributed by atoms with Crippen LogP contribution in [0.4, 0.5) is 0 Å². The van der Waals surface area contributed by atoms with Crippen LogP contribution in [0.2, 0.25) is 0 Å². The summed E-state index contributed by atoms with van der Waals surface area (Å²) in [6, 6.07) is 9.80. The van der Waals surface area contributed by atoms with E-state index in [9.17, 15) is 5.11 Å². The summed E-state index contributed by atoms with van der Waals surface area (Å²) in [4.78, 5) is 0. The van der Waals surface area contributed by atoms with Crippen molar-refractivity contribution in [3.8, 4) is 5.69 Å². The largest absolute Gasteiger partial charge is 0.384 e. The fraction of sp³-hybridized carbons (Fsp3) is 0.429. The highest BCUT2D eigenvalue weighted by Gasteiger charge is 2.35. The Hall–Kier alpha value is -1.68. The second kappa shape index (κ2) is 4.21. The molecule has 0 amide bonds. The molecule has 1 N–H and O–H groups in total. The molecule has 1 aliphatic rings. The molecule has 1 aromatic carbocycles. The predicted octanol–water partition coefficient (Wildman–Crippen LogP) is 2.27. The van der Waals surface area contributed by atoms with Crippen LogP contribution in [0.25, 0.3) is 5.69 Å². The van der Waals surface area contributed by atoms with Gasteiger partial charge in [0.05, 0.1) is 17.6 Å². The summed E-state index contributed by atoms with van der Waals surface area (Å²) in [7, 11) is 0. The fourth-order valence-corrected chi connectivity index (χ4v) is 2.35. The van der Waals surface area contributed by atoms with Crippen LogP contribution in [-0.4, -0.2) is 20.1 Å². The van der Waals surface area contributed by atoms with Crippen molar-refractivity contribution >= 4 is 0 Å². The van der Waals surface area contributed by atoms with Gasteiger partial charge < -0.3 is 5.11 Å². The maximum Gasteiger partial charge on any atom is 0.106 e. The molecule has 0 bridgehead atoms. The Morgan fingerprint density at radius 3 is 2.72 bits per heavy atom. The van der Waals surface area contributed by atoms with E-state index in [1.807, 2.05) is 37.3 Å². The zero-order valence-corrected chi connectivity index (χ0v) is 10.5. The third-order valence-corrected chi connectivity index (χ3v) is 3.48. The first-order chi connectivity index (χ1) is 8.67. The standard InChI is InChI=1S/C14H17N3O/c1-14(18,9-11-7-8-11)13-10-15-16-17(13)12-5-3-2-4-6-12/h2-6,10-11,18H,7-9H2,1H3. The van der Waals surface area contributed by atoms with Gasteiger partial charge in [0.1, 0.15) is 5.60 Å². The first kappa shape index (κ1) is 11.4. The zero-order valence-electron chi connectivity index (χ0n) is 10.5. The molecule has 1 atom stereocenters. The van der Waals surface area contributed by atoms with Gasteiger partial charge in [-0.15, -0.1) is 5.10 Å². The van der Waals surface area contributed by atoms with Gasteiger partial charge in [0.25, 0.3) is 0 Å². The van der Waals surface area contributed by atoms with Gasteiger partial charge in [-0.1, -0.05) is 36.3 Å². The summed E-state index contributed by atoms with van der Waals surface area (Å²) in [6.07, 6.45) is 4.90. The summed E-state index contributed by atoms with van der Waals surface area (Å²) in [6.45, 7) is 1.85. The average Bonchev–Trinajstić information content (AvgIpc) is 3.01. The lowest BCUT2D eigenvalue weighted by atomic mass is 9.95. The van der Waals surface area contributed by atoms with E-state index < -0.39 is 5.60 Å². The van der Waals surface area contributed by atoms with E-state index in [0.29, 0.717) is 5.92 Å². The molecule has 18 heavy (non-hydrogen) atoms. The molecule has 0 saturated heterocycles. The number of nitrogens with zero attached hydrogens (tertiary/aromatic N) is 3. The number of benzene rings is 1. The molecule has 1 fully saturated rings. The molecule has 1 unspecified atom stereocenters. The number of rotatable bonds is 4.